The summed E-state index contributed by atoms with van der Waals surface area (Å²) in [4.78, 5) is 17.2. The Bertz CT molecular complexity index is 1280. The Hall–Kier alpha value is -3.54. The van der Waals surface area contributed by atoms with Gasteiger partial charge in [0.05, 0.1) is 5.69 Å². The molecular weight excluding hydrogens is 398 g/mol. The Morgan fingerprint density at radius 2 is 1.75 bits per heavy atom. The minimum Gasteiger partial charge on any atom is -0.367 e. The second kappa shape index (κ2) is 8.19. The molecule has 164 valence electrons. The summed E-state index contributed by atoms with van der Waals surface area (Å²) < 4.78 is 3.97. The van der Waals surface area contributed by atoms with Crippen molar-refractivity contribution in [2.24, 2.45) is 7.05 Å². The maximum absolute atomic E-state index is 12.8. The van der Waals surface area contributed by atoms with E-state index in [0.717, 1.165) is 37.6 Å². The molecule has 1 aliphatic heterocycles. The van der Waals surface area contributed by atoms with Crippen LogP contribution in [0.2, 0.25) is 0 Å². The predicted molar refractivity (Wildman–Crippen MR) is 129 cm³/mol. The van der Waals surface area contributed by atoms with Gasteiger partial charge in [0.25, 0.3) is 0 Å². The Kier molecular flexibility index (Phi) is 5.21. The van der Waals surface area contributed by atoms with E-state index < -0.39 is 0 Å². The van der Waals surface area contributed by atoms with Gasteiger partial charge in [-0.3, -0.25) is 9.48 Å². The molecular formula is C26H29N5O. The first-order valence-electron chi connectivity index (χ1n) is 11.2. The number of hydrogen-bond acceptors (Lipinski definition) is 3. The summed E-state index contributed by atoms with van der Waals surface area (Å²) in [6.07, 6.45) is 2.10. The summed E-state index contributed by atoms with van der Waals surface area (Å²) >= 11 is 0. The third-order valence-electron chi connectivity index (χ3n) is 6.46. The largest absolute Gasteiger partial charge is 0.367 e. The zero-order valence-corrected chi connectivity index (χ0v) is 19.0. The number of benzene rings is 2. The molecule has 1 amide bonds. The molecule has 0 N–H and O–H groups in total. The van der Waals surface area contributed by atoms with Gasteiger partial charge in [0.2, 0.25) is 5.91 Å². The van der Waals surface area contributed by atoms with Crippen LogP contribution in [0.4, 0.5) is 5.69 Å². The van der Waals surface area contributed by atoms with Gasteiger partial charge in [0.1, 0.15) is 6.54 Å². The first-order chi connectivity index (χ1) is 15.5. The van der Waals surface area contributed by atoms with E-state index in [1.54, 1.807) is 4.68 Å². The van der Waals surface area contributed by atoms with Gasteiger partial charge in [-0.25, -0.2) is 0 Å². The van der Waals surface area contributed by atoms with E-state index >= 15 is 0 Å². The van der Waals surface area contributed by atoms with Crippen molar-refractivity contribution in [1.29, 1.82) is 0 Å². The molecule has 0 bridgehead atoms. The van der Waals surface area contributed by atoms with E-state index in [0.29, 0.717) is 6.54 Å². The monoisotopic (exact) mass is 427 g/mol. The number of piperazine rings is 1. The van der Waals surface area contributed by atoms with E-state index in [9.17, 15) is 4.79 Å². The Morgan fingerprint density at radius 1 is 0.969 bits per heavy atom. The number of anilines is 1. The molecule has 6 nitrogen and oxygen atoms in total. The lowest BCUT2D eigenvalue weighted by Gasteiger charge is -2.37. The van der Waals surface area contributed by atoms with Crippen molar-refractivity contribution in [3.05, 3.63) is 72.2 Å². The van der Waals surface area contributed by atoms with Crippen LogP contribution in [0, 0.1) is 13.8 Å². The molecule has 4 aromatic rings. The van der Waals surface area contributed by atoms with Gasteiger partial charge in [0.15, 0.2) is 0 Å². The van der Waals surface area contributed by atoms with E-state index in [4.69, 9.17) is 0 Å². The standard InChI is InChI=1S/C26H29N5O/c1-19-16-20(2)31(27-19)18-26(32)30-14-12-29(13-15-30)24-7-5-4-6-23(24)22-9-8-21-10-11-28(3)25(21)17-22/h4-11,16-17H,12-15,18H2,1-3H3. The minimum absolute atomic E-state index is 0.137. The van der Waals surface area contributed by atoms with E-state index in [-0.39, 0.29) is 5.91 Å². The lowest BCUT2D eigenvalue weighted by Crippen LogP contribution is -2.49. The van der Waals surface area contributed by atoms with Crippen LogP contribution in [-0.4, -0.2) is 51.3 Å². The molecule has 0 atom stereocenters. The molecule has 6 heteroatoms. The smallest absolute Gasteiger partial charge is 0.244 e. The zero-order valence-electron chi connectivity index (χ0n) is 19.0. The van der Waals surface area contributed by atoms with Gasteiger partial charge in [-0.2, -0.15) is 5.10 Å². The Balaban J connectivity index is 1.32. The van der Waals surface area contributed by atoms with Gasteiger partial charge in [-0.05, 0) is 49.1 Å². The summed E-state index contributed by atoms with van der Waals surface area (Å²) in [6.45, 7) is 7.37. The van der Waals surface area contributed by atoms with Gasteiger partial charge in [0, 0.05) is 61.9 Å². The van der Waals surface area contributed by atoms with Crippen LogP contribution in [0.3, 0.4) is 0 Å². The minimum atomic E-state index is 0.137. The first kappa shape index (κ1) is 20.4. The molecule has 1 aliphatic rings. The van der Waals surface area contributed by atoms with Crippen LogP contribution in [0.15, 0.2) is 60.8 Å². The molecule has 0 radical (unpaired) electrons. The highest BCUT2D eigenvalue weighted by atomic mass is 16.2. The van der Waals surface area contributed by atoms with Crippen LogP contribution in [-0.2, 0) is 18.4 Å². The van der Waals surface area contributed by atoms with Crippen molar-refractivity contribution >= 4 is 22.5 Å². The molecule has 0 aliphatic carbocycles. The highest BCUT2D eigenvalue weighted by Crippen LogP contribution is 2.33. The number of fused-ring (bicyclic) bond motifs is 1. The average Bonchev–Trinajstić information content (AvgIpc) is 3.34. The normalized spacial score (nSPS) is 14.3. The number of amides is 1. The molecule has 0 unspecified atom stereocenters. The second-order valence-electron chi connectivity index (χ2n) is 8.67. The van der Waals surface area contributed by atoms with Crippen molar-refractivity contribution in [2.75, 3.05) is 31.1 Å². The molecule has 0 spiro atoms. The highest BCUT2D eigenvalue weighted by Gasteiger charge is 2.23. The first-order valence-corrected chi connectivity index (χ1v) is 11.2. The summed E-state index contributed by atoms with van der Waals surface area (Å²) in [5.41, 5.74) is 6.89. The molecule has 2 aromatic heterocycles. The highest BCUT2D eigenvalue weighted by molar-refractivity contribution is 5.88. The van der Waals surface area contributed by atoms with Gasteiger partial charge >= 0.3 is 0 Å². The second-order valence-corrected chi connectivity index (χ2v) is 8.67. The number of nitrogens with zero attached hydrogens (tertiary/aromatic N) is 5. The van der Waals surface area contributed by atoms with Crippen LogP contribution < -0.4 is 4.90 Å². The molecule has 2 aromatic carbocycles. The molecule has 1 saturated heterocycles. The molecule has 3 heterocycles. The maximum Gasteiger partial charge on any atom is 0.244 e. The van der Waals surface area contributed by atoms with Crippen LogP contribution in [0.5, 0.6) is 0 Å². The van der Waals surface area contributed by atoms with E-state index in [2.05, 4.69) is 76.3 Å². The molecule has 32 heavy (non-hydrogen) atoms. The van der Waals surface area contributed by atoms with Crippen molar-refractivity contribution in [3.8, 4) is 11.1 Å². The number of para-hydroxylation sites is 1. The fraction of sp³-hybridized carbons (Fsp3) is 0.308. The quantitative estimate of drug-likeness (QED) is 0.494. The molecule has 0 saturated carbocycles. The van der Waals surface area contributed by atoms with Crippen molar-refractivity contribution in [3.63, 3.8) is 0 Å². The number of carbonyl (C=O) groups excluding carboxylic acids is 1. The van der Waals surface area contributed by atoms with Crippen LogP contribution >= 0.6 is 0 Å². The van der Waals surface area contributed by atoms with Crippen molar-refractivity contribution in [2.45, 2.75) is 20.4 Å². The number of aryl methyl sites for hydroxylation is 3. The van der Waals surface area contributed by atoms with Crippen LogP contribution in [0.25, 0.3) is 22.0 Å². The van der Waals surface area contributed by atoms with Crippen molar-refractivity contribution < 1.29 is 4.79 Å². The SMILES string of the molecule is Cc1cc(C)n(CC(=O)N2CCN(c3ccccc3-c3ccc4ccn(C)c4c3)CC2)n1. The Labute approximate surface area is 188 Å². The summed E-state index contributed by atoms with van der Waals surface area (Å²) in [5.74, 6) is 0.137. The van der Waals surface area contributed by atoms with E-state index in [1.807, 2.05) is 24.8 Å². The lowest BCUT2D eigenvalue weighted by atomic mass is 10.0. The van der Waals surface area contributed by atoms with Crippen LogP contribution in [0.1, 0.15) is 11.4 Å². The Morgan fingerprint density at radius 3 is 2.50 bits per heavy atom. The molecule has 5 rings (SSSR count). The lowest BCUT2D eigenvalue weighted by molar-refractivity contribution is -0.132. The zero-order chi connectivity index (χ0) is 22.2. The summed E-state index contributed by atoms with van der Waals surface area (Å²) in [5, 5.41) is 5.69. The van der Waals surface area contributed by atoms with E-state index in [1.165, 1.54) is 27.7 Å². The topological polar surface area (TPSA) is 46.3 Å². The maximum atomic E-state index is 12.8. The fourth-order valence-corrected chi connectivity index (χ4v) is 4.68. The number of aromatic nitrogens is 3. The molecule has 1 fully saturated rings. The number of rotatable bonds is 4. The fourth-order valence-electron chi connectivity index (χ4n) is 4.68. The van der Waals surface area contributed by atoms with Gasteiger partial charge in [-0.15, -0.1) is 0 Å². The predicted octanol–water partition coefficient (Wildman–Crippen LogP) is 4.01. The number of carbonyl (C=O) groups is 1. The van der Waals surface area contributed by atoms with Gasteiger partial charge in [-0.1, -0.05) is 30.3 Å². The summed E-state index contributed by atoms with van der Waals surface area (Å²) in [6, 6.07) is 19.4. The summed E-state index contributed by atoms with van der Waals surface area (Å²) in [7, 11) is 2.08. The average molecular weight is 428 g/mol. The van der Waals surface area contributed by atoms with Crippen molar-refractivity contribution in [1.82, 2.24) is 19.2 Å². The third-order valence-corrected chi connectivity index (χ3v) is 6.46. The number of hydrogen-bond donors (Lipinski definition) is 0. The third kappa shape index (κ3) is 3.77. The van der Waals surface area contributed by atoms with Gasteiger partial charge < -0.3 is 14.4 Å².